The Labute approximate surface area is 79.9 Å². The van der Waals surface area contributed by atoms with Crippen molar-refractivity contribution in [2.75, 3.05) is 0 Å². The predicted molar refractivity (Wildman–Crippen MR) is 46.7 cm³/mol. The van der Waals surface area contributed by atoms with Crippen LogP contribution in [0.2, 0.25) is 0 Å². The van der Waals surface area contributed by atoms with Gasteiger partial charge in [-0.2, -0.15) is 0 Å². The Morgan fingerprint density at radius 1 is 1.27 bits per heavy atom. The van der Waals surface area contributed by atoms with Gasteiger partial charge in [0.05, 0.1) is 0 Å². The highest BCUT2D eigenvalue weighted by Crippen LogP contribution is 2.20. The Hall–Kier alpha value is 0.0400. The van der Waals surface area contributed by atoms with E-state index >= 15 is 0 Å². The fraction of sp³-hybridized carbons (Fsp3) is 0.143. The van der Waals surface area contributed by atoms with Crippen LogP contribution in [-0.2, 0) is 5.33 Å². The van der Waals surface area contributed by atoms with Crippen molar-refractivity contribution in [1.82, 2.24) is 0 Å². The lowest BCUT2D eigenvalue weighted by molar-refractivity contribution is 0.502. The first-order valence-electron chi connectivity index (χ1n) is 2.84. The maximum atomic E-state index is 12.8. The van der Waals surface area contributed by atoms with Gasteiger partial charge in [-0.1, -0.05) is 31.9 Å². The van der Waals surface area contributed by atoms with Crippen LogP contribution in [-0.4, -0.2) is 0 Å². The van der Waals surface area contributed by atoms with Crippen molar-refractivity contribution < 1.29 is 8.78 Å². The van der Waals surface area contributed by atoms with Gasteiger partial charge in [-0.05, 0) is 12.1 Å². The van der Waals surface area contributed by atoms with Crippen LogP contribution in [0.3, 0.4) is 0 Å². The van der Waals surface area contributed by atoms with Crippen LogP contribution in [0.15, 0.2) is 16.6 Å². The normalized spacial score (nSPS) is 10.2. The summed E-state index contributed by atoms with van der Waals surface area (Å²) in [5, 5.41) is 0.315. The average Bonchev–Trinajstić information content (AvgIpc) is 1.96. The highest BCUT2D eigenvalue weighted by Gasteiger charge is 2.07. The summed E-state index contributed by atoms with van der Waals surface area (Å²) in [5.74, 6) is -1.61. The van der Waals surface area contributed by atoms with Crippen molar-refractivity contribution >= 4 is 31.9 Å². The molecule has 0 bridgehead atoms. The summed E-state index contributed by atoms with van der Waals surface area (Å²) < 4.78 is 25.9. The topological polar surface area (TPSA) is 0 Å². The van der Waals surface area contributed by atoms with Gasteiger partial charge in [0, 0.05) is 15.4 Å². The minimum atomic E-state index is -0.825. The van der Waals surface area contributed by atoms with Gasteiger partial charge in [0.25, 0.3) is 0 Å². The second-order valence-corrected chi connectivity index (χ2v) is 3.47. The van der Waals surface area contributed by atoms with E-state index in [9.17, 15) is 8.78 Å². The van der Waals surface area contributed by atoms with Crippen LogP contribution in [0.25, 0.3) is 0 Å². The van der Waals surface area contributed by atoms with E-state index in [1.54, 1.807) is 0 Å². The molecule has 0 aliphatic heterocycles. The number of rotatable bonds is 1. The monoisotopic (exact) mass is 284 g/mol. The van der Waals surface area contributed by atoms with E-state index in [0.29, 0.717) is 15.4 Å². The second kappa shape index (κ2) is 3.63. The van der Waals surface area contributed by atoms with Crippen molar-refractivity contribution in [3.05, 3.63) is 33.8 Å². The summed E-state index contributed by atoms with van der Waals surface area (Å²) in [4.78, 5) is 0. The fourth-order valence-corrected chi connectivity index (χ4v) is 1.59. The third-order valence-corrected chi connectivity index (χ3v) is 2.27. The molecule has 0 heterocycles. The van der Waals surface area contributed by atoms with Gasteiger partial charge in [-0.25, -0.2) is 8.78 Å². The van der Waals surface area contributed by atoms with Gasteiger partial charge < -0.3 is 0 Å². The highest BCUT2D eigenvalue weighted by atomic mass is 79.9. The molecule has 0 aliphatic rings. The molecule has 1 aromatic carbocycles. The van der Waals surface area contributed by atoms with Crippen LogP contribution in [0.4, 0.5) is 8.78 Å². The molecule has 0 aliphatic carbocycles. The Morgan fingerprint density at radius 3 is 2.45 bits per heavy atom. The van der Waals surface area contributed by atoms with Gasteiger partial charge in [-0.3, -0.25) is 0 Å². The van der Waals surface area contributed by atoms with Crippen molar-refractivity contribution in [2.24, 2.45) is 0 Å². The molecule has 1 aromatic rings. The van der Waals surface area contributed by atoms with Crippen molar-refractivity contribution in [1.29, 1.82) is 0 Å². The second-order valence-electron chi connectivity index (χ2n) is 1.99. The molecular weight excluding hydrogens is 282 g/mol. The lowest BCUT2D eigenvalue weighted by atomic mass is 10.2. The first-order chi connectivity index (χ1) is 5.15. The van der Waals surface area contributed by atoms with Gasteiger partial charge in [0.15, 0.2) is 11.6 Å². The standard InChI is InChI=1S/C7H4Br2F2/c8-3-4-1-5(9)2-6(10)7(4)11/h1-2H,3H2. The Kier molecular flexibility index (Phi) is 3.01. The molecule has 0 N–H and O–H groups in total. The zero-order valence-electron chi connectivity index (χ0n) is 5.37. The van der Waals surface area contributed by atoms with Gasteiger partial charge in [0.1, 0.15) is 0 Å². The number of hydrogen-bond acceptors (Lipinski definition) is 0. The Balaban J connectivity index is 3.24. The van der Waals surface area contributed by atoms with E-state index in [4.69, 9.17) is 0 Å². The maximum Gasteiger partial charge on any atom is 0.162 e. The van der Waals surface area contributed by atoms with E-state index in [-0.39, 0.29) is 0 Å². The van der Waals surface area contributed by atoms with Crippen LogP contribution >= 0.6 is 31.9 Å². The molecule has 0 amide bonds. The molecule has 0 unspecified atom stereocenters. The lowest BCUT2D eigenvalue weighted by Crippen LogP contribution is -1.90. The van der Waals surface area contributed by atoms with Gasteiger partial charge in [-0.15, -0.1) is 0 Å². The lowest BCUT2D eigenvalue weighted by Gasteiger charge is -1.99. The molecule has 0 nitrogen and oxygen atoms in total. The molecule has 11 heavy (non-hydrogen) atoms. The molecule has 0 saturated heterocycles. The zero-order chi connectivity index (χ0) is 8.43. The van der Waals surface area contributed by atoms with Crippen molar-refractivity contribution in [2.45, 2.75) is 5.33 Å². The number of halogens is 4. The summed E-state index contributed by atoms with van der Waals surface area (Å²) in [6, 6.07) is 2.63. The molecule has 4 heteroatoms. The molecule has 0 aromatic heterocycles. The fourth-order valence-electron chi connectivity index (χ4n) is 0.707. The van der Waals surface area contributed by atoms with E-state index in [1.165, 1.54) is 6.07 Å². The largest absolute Gasteiger partial charge is 0.204 e. The molecule has 0 saturated carbocycles. The average molecular weight is 286 g/mol. The summed E-state index contributed by atoms with van der Waals surface area (Å²) in [5.41, 5.74) is 0.317. The van der Waals surface area contributed by atoms with Gasteiger partial charge in [0.2, 0.25) is 0 Å². The van der Waals surface area contributed by atoms with Crippen LogP contribution < -0.4 is 0 Å². The molecule has 0 spiro atoms. The summed E-state index contributed by atoms with van der Waals surface area (Å²) >= 11 is 6.11. The summed E-state index contributed by atoms with van der Waals surface area (Å²) in [6.45, 7) is 0. The Morgan fingerprint density at radius 2 is 1.91 bits per heavy atom. The molecule has 0 atom stereocenters. The summed E-state index contributed by atoms with van der Waals surface area (Å²) in [6.07, 6.45) is 0. The maximum absolute atomic E-state index is 12.8. The zero-order valence-corrected chi connectivity index (χ0v) is 8.55. The third kappa shape index (κ3) is 1.99. The van der Waals surface area contributed by atoms with Crippen LogP contribution in [0.1, 0.15) is 5.56 Å². The van der Waals surface area contributed by atoms with E-state index < -0.39 is 11.6 Å². The minimum absolute atomic E-state index is 0.315. The Bertz CT molecular complexity index is 273. The minimum Gasteiger partial charge on any atom is -0.204 e. The number of alkyl halides is 1. The molecule has 0 radical (unpaired) electrons. The quantitative estimate of drug-likeness (QED) is 0.546. The number of benzene rings is 1. The van der Waals surface area contributed by atoms with Crippen molar-refractivity contribution in [3.8, 4) is 0 Å². The molecule has 0 fully saturated rings. The SMILES string of the molecule is Fc1cc(Br)cc(CBr)c1F. The number of hydrogen-bond donors (Lipinski definition) is 0. The van der Waals surface area contributed by atoms with E-state index in [0.717, 1.165) is 6.07 Å². The predicted octanol–water partition coefficient (Wildman–Crippen LogP) is 3.62. The smallest absolute Gasteiger partial charge is 0.162 e. The summed E-state index contributed by atoms with van der Waals surface area (Å²) in [7, 11) is 0. The first kappa shape index (κ1) is 9.13. The van der Waals surface area contributed by atoms with E-state index in [1.807, 2.05) is 0 Å². The highest BCUT2D eigenvalue weighted by molar-refractivity contribution is 9.10. The van der Waals surface area contributed by atoms with Gasteiger partial charge >= 0.3 is 0 Å². The molecule has 1 rings (SSSR count). The third-order valence-electron chi connectivity index (χ3n) is 1.21. The van der Waals surface area contributed by atoms with Crippen LogP contribution in [0, 0.1) is 11.6 Å². The van der Waals surface area contributed by atoms with Crippen LogP contribution in [0.5, 0.6) is 0 Å². The first-order valence-corrected chi connectivity index (χ1v) is 4.76. The van der Waals surface area contributed by atoms with E-state index in [2.05, 4.69) is 31.9 Å². The van der Waals surface area contributed by atoms with Crippen molar-refractivity contribution in [3.63, 3.8) is 0 Å². The molecule has 60 valence electrons. The molecular formula is C7H4Br2F2.